The molecule has 3 N–H and O–H groups in total. The van der Waals surface area contributed by atoms with Crippen LogP contribution in [0.25, 0.3) is 11.2 Å². The first-order chi connectivity index (χ1) is 9.59. The number of aromatic amines is 1. The van der Waals surface area contributed by atoms with Gasteiger partial charge in [-0.25, -0.2) is 15.0 Å². The molecule has 1 fully saturated rings. The topological polar surface area (TPSA) is 113 Å². The Kier molecular flexibility index (Phi) is 2.71. The van der Waals surface area contributed by atoms with Gasteiger partial charge in [0.1, 0.15) is 11.8 Å². The van der Waals surface area contributed by atoms with Gasteiger partial charge in [0, 0.05) is 0 Å². The second-order valence-electron chi connectivity index (χ2n) is 4.32. The molecule has 0 saturated carbocycles. The molecule has 0 bridgehead atoms. The number of amides is 2. The lowest BCUT2D eigenvalue weighted by Crippen LogP contribution is -2.64. The first-order valence-electron chi connectivity index (χ1n) is 5.91. The Balaban J connectivity index is 2.27. The van der Waals surface area contributed by atoms with E-state index >= 15 is 0 Å². The summed E-state index contributed by atoms with van der Waals surface area (Å²) < 4.78 is 0. The summed E-state index contributed by atoms with van der Waals surface area (Å²) >= 11 is 4.82. The average Bonchev–Trinajstić information content (AvgIpc) is 2.87. The molecule has 2 amide bonds. The Labute approximate surface area is 118 Å². The zero-order chi connectivity index (χ0) is 14.3. The van der Waals surface area contributed by atoms with Gasteiger partial charge in [0.2, 0.25) is 11.8 Å². The van der Waals surface area contributed by atoms with Gasteiger partial charge in [-0.2, -0.15) is 0 Å². The van der Waals surface area contributed by atoms with Crippen LogP contribution in [0.2, 0.25) is 0 Å². The van der Waals surface area contributed by atoms with E-state index in [9.17, 15) is 9.59 Å². The van der Waals surface area contributed by atoms with E-state index in [1.54, 1.807) is 6.92 Å². The van der Waals surface area contributed by atoms with Gasteiger partial charge in [-0.15, -0.1) is 0 Å². The van der Waals surface area contributed by atoms with Crippen LogP contribution < -0.4 is 10.6 Å². The number of nitrogens with zero attached hydrogens (tertiary/aromatic N) is 3. The third kappa shape index (κ3) is 1.53. The lowest BCUT2D eigenvalue weighted by molar-refractivity contribution is -0.138. The quantitative estimate of drug-likeness (QED) is 0.509. The molecule has 0 aromatic carbocycles. The van der Waals surface area contributed by atoms with Crippen molar-refractivity contribution in [3.63, 3.8) is 0 Å². The van der Waals surface area contributed by atoms with E-state index in [1.165, 1.54) is 12.7 Å². The van der Waals surface area contributed by atoms with E-state index in [1.807, 2.05) is 0 Å². The number of hydrogen-bond acceptors (Lipinski definition) is 6. The number of carbonyl (C=O) groups is 2. The van der Waals surface area contributed by atoms with Crippen molar-refractivity contribution in [2.24, 2.45) is 0 Å². The molecule has 8 nitrogen and oxygen atoms in total. The van der Waals surface area contributed by atoms with Crippen molar-refractivity contribution in [1.82, 2.24) is 30.6 Å². The van der Waals surface area contributed by atoms with Crippen LogP contribution in [0.4, 0.5) is 0 Å². The first-order valence-corrected chi connectivity index (χ1v) is 6.32. The molecule has 3 heterocycles. The number of rotatable bonds is 2. The van der Waals surface area contributed by atoms with Gasteiger partial charge in [0.25, 0.3) is 0 Å². The molecule has 2 aromatic heterocycles. The number of nitrogens with one attached hydrogen (secondary N) is 3. The summed E-state index contributed by atoms with van der Waals surface area (Å²) in [6, 6.07) is 0. The maximum absolute atomic E-state index is 12.4. The van der Waals surface area contributed by atoms with Gasteiger partial charge in [-0.1, -0.05) is 6.92 Å². The molecule has 102 valence electrons. The summed E-state index contributed by atoms with van der Waals surface area (Å²) in [7, 11) is 0. The van der Waals surface area contributed by atoms with Crippen LogP contribution in [0, 0.1) is 0 Å². The van der Waals surface area contributed by atoms with E-state index in [-0.39, 0.29) is 11.5 Å². The third-order valence-electron chi connectivity index (χ3n) is 3.39. The minimum absolute atomic E-state index is 0.000939. The normalized spacial score (nSPS) is 17.9. The second-order valence-corrected chi connectivity index (χ2v) is 4.73. The van der Waals surface area contributed by atoms with E-state index in [0.29, 0.717) is 16.9 Å². The lowest BCUT2D eigenvalue weighted by atomic mass is 9.78. The van der Waals surface area contributed by atoms with Gasteiger partial charge >= 0.3 is 0 Å². The van der Waals surface area contributed by atoms with Crippen molar-refractivity contribution >= 4 is 40.3 Å². The summed E-state index contributed by atoms with van der Waals surface area (Å²) in [4.78, 5) is 39.7. The standard InChI is InChI=1S/C11H10N6O2S/c1-2-11(8(18)16-10(20)17-9(11)19)6-5-7(14-3-12-5)15-4-13-6/h3-4H,2H2,1H3,(H,12,13,14,15)(H2,16,17,18,19,20). The molecule has 2 aromatic rings. The minimum atomic E-state index is -1.45. The van der Waals surface area contributed by atoms with Crippen molar-refractivity contribution in [2.75, 3.05) is 0 Å². The number of carbonyl (C=O) groups excluding carboxylic acids is 2. The summed E-state index contributed by atoms with van der Waals surface area (Å²) in [6.07, 6.45) is 2.96. The summed E-state index contributed by atoms with van der Waals surface area (Å²) in [5.41, 5.74) is -0.292. The van der Waals surface area contributed by atoms with Crippen molar-refractivity contribution in [1.29, 1.82) is 0 Å². The molecule has 1 aliphatic heterocycles. The minimum Gasteiger partial charge on any atom is -0.342 e. The van der Waals surface area contributed by atoms with Crippen molar-refractivity contribution in [3.05, 3.63) is 18.3 Å². The zero-order valence-corrected chi connectivity index (χ0v) is 11.2. The summed E-state index contributed by atoms with van der Waals surface area (Å²) in [5, 5.41) is 4.94. The summed E-state index contributed by atoms with van der Waals surface area (Å²) in [5.74, 6) is -0.994. The number of H-pyrrole nitrogens is 1. The van der Waals surface area contributed by atoms with E-state index < -0.39 is 17.2 Å². The van der Waals surface area contributed by atoms with Crippen molar-refractivity contribution in [2.45, 2.75) is 18.8 Å². The predicted octanol–water partition coefficient (Wildman–Crippen LogP) is -0.468. The van der Waals surface area contributed by atoms with Gasteiger partial charge in [-0.3, -0.25) is 9.59 Å². The second kappa shape index (κ2) is 4.30. The molecule has 1 aliphatic rings. The first kappa shape index (κ1) is 12.6. The maximum Gasteiger partial charge on any atom is 0.248 e. The number of aromatic nitrogens is 4. The van der Waals surface area contributed by atoms with Gasteiger partial charge in [-0.05, 0) is 18.6 Å². The van der Waals surface area contributed by atoms with Crippen LogP contribution in [0.5, 0.6) is 0 Å². The highest BCUT2D eigenvalue weighted by molar-refractivity contribution is 7.80. The Morgan fingerprint density at radius 3 is 2.55 bits per heavy atom. The highest BCUT2D eigenvalue weighted by atomic mass is 32.1. The largest absolute Gasteiger partial charge is 0.342 e. The van der Waals surface area contributed by atoms with E-state index in [0.717, 1.165) is 0 Å². The summed E-state index contributed by atoms with van der Waals surface area (Å²) in [6.45, 7) is 1.73. The average molecular weight is 290 g/mol. The van der Waals surface area contributed by atoms with Gasteiger partial charge < -0.3 is 15.6 Å². The highest BCUT2D eigenvalue weighted by Crippen LogP contribution is 2.32. The molecule has 0 unspecified atom stereocenters. The SMILES string of the molecule is CCC1(c2ncnc3nc[nH]c23)C(=O)NC(=S)NC1=O. The van der Waals surface area contributed by atoms with E-state index in [4.69, 9.17) is 12.2 Å². The monoisotopic (exact) mass is 290 g/mol. The number of thiocarbonyl (C=S) groups is 1. The molecular formula is C11H10N6O2S. The molecule has 3 rings (SSSR count). The number of imidazole rings is 1. The molecule has 0 radical (unpaired) electrons. The maximum atomic E-state index is 12.4. The molecule has 0 atom stereocenters. The van der Waals surface area contributed by atoms with Crippen LogP contribution in [0.3, 0.4) is 0 Å². The van der Waals surface area contributed by atoms with Gasteiger partial charge in [0.05, 0.1) is 12.0 Å². The van der Waals surface area contributed by atoms with E-state index in [2.05, 4.69) is 30.6 Å². The van der Waals surface area contributed by atoms with Crippen LogP contribution in [0.15, 0.2) is 12.7 Å². The number of fused-ring (bicyclic) bond motifs is 1. The third-order valence-corrected chi connectivity index (χ3v) is 3.59. The molecule has 1 saturated heterocycles. The Hall–Kier alpha value is -2.42. The Morgan fingerprint density at radius 1 is 1.20 bits per heavy atom. The fourth-order valence-corrected chi connectivity index (χ4v) is 2.53. The van der Waals surface area contributed by atoms with Gasteiger partial charge in [0.15, 0.2) is 16.2 Å². The Bertz CT molecular complexity index is 719. The van der Waals surface area contributed by atoms with Crippen LogP contribution >= 0.6 is 12.2 Å². The fourth-order valence-electron chi connectivity index (χ4n) is 2.35. The molecule has 0 spiro atoms. The predicted molar refractivity (Wildman–Crippen MR) is 72.5 cm³/mol. The van der Waals surface area contributed by atoms with Crippen LogP contribution in [-0.4, -0.2) is 36.9 Å². The van der Waals surface area contributed by atoms with Crippen molar-refractivity contribution in [3.8, 4) is 0 Å². The highest BCUT2D eigenvalue weighted by Gasteiger charge is 2.52. The van der Waals surface area contributed by atoms with Crippen LogP contribution in [-0.2, 0) is 15.0 Å². The molecule has 0 aliphatic carbocycles. The van der Waals surface area contributed by atoms with Crippen LogP contribution in [0.1, 0.15) is 19.0 Å². The lowest BCUT2D eigenvalue weighted by Gasteiger charge is -2.33. The zero-order valence-electron chi connectivity index (χ0n) is 10.4. The molecular weight excluding hydrogens is 280 g/mol. The van der Waals surface area contributed by atoms with Crippen molar-refractivity contribution < 1.29 is 9.59 Å². The Morgan fingerprint density at radius 2 is 1.90 bits per heavy atom. The fraction of sp³-hybridized carbons (Fsp3) is 0.273. The molecule has 20 heavy (non-hydrogen) atoms. The number of hydrogen-bond donors (Lipinski definition) is 3. The molecule has 9 heteroatoms. The smallest absolute Gasteiger partial charge is 0.248 e.